The normalized spacial score (nSPS) is 10.5. The summed E-state index contributed by atoms with van der Waals surface area (Å²) in [5.41, 5.74) is 0.333. The summed E-state index contributed by atoms with van der Waals surface area (Å²) in [4.78, 5) is 11.1. The molecule has 3 nitrogen and oxygen atoms in total. The van der Waals surface area contributed by atoms with Crippen LogP contribution >= 0.6 is 0 Å². The summed E-state index contributed by atoms with van der Waals surface area (Å²) in [7, 11) is 1.47. The van der Waals surface area contributed by atoms with Gasteiger partial charge >= 0.3 is 5.97 Å². The zero-order valence-electron chi connectivity index (χ0n) is 9.90. The van der Waals surface area contributed by atoms with Crippen molar-refractivity contribution in [3.05, 3.63) is 35.7 Å². The third-order valence-corrected chi connectivity index (χ3v) is 2.11. The smallest absolute Gasteiger partial charge is 0.309 e. The van der Waals surface area contributed by atoms with Crippen LogP contribution in [0, 0.1) is 5.82 Å². The Bertz CT molecular complexity index is 413. The highest BCUT2D eigenvalue weighted by Crippen LogP contribution is 2.22. The molecule has 1 aromatic carbocycles. The molecule has 0 aliphatic rings. The Labute approximate surface area is 99.9 Å². The predicted octanol–water partition coefficient (Wildman–Crippen LogP) is 2.80. The van der Waals surface area contributed by atoms with E-state index < -0.39 is 0 Å². The van der Waals surface area contributed by atoms with Crippen molar-refractivity contribution >= 4 is 12.0 Å². The van der Waals surface area contributed by atoms with E-state index in [1.165, 1.54) is 19.3 Å². The van der Waals surface area contributed by atoms with Gasteiger partial charge in [-0.1, -0.05) is 18.2 Å². The van der Waals surface area contributed by atoms with Gasteiger partial charge in [0, 0.05) is 0 Å². The van der Waals surface area contributed by atoms with E-state index in [-0.39, 0.29) is 18.2 Å². The number of methoxy groups -OCH3 is 1. The third kappa shape index (κ3) is 3.90. The van der Waals surface area contributed by atoms with Crippen LogP contribution in [0.4, 0.5) is 4.39 Å². The van der Waals surface area contributed by atoms with E-state index in [2.05, 4.69) is 0 Å². The summed E-state index contributed by atoms with van der Waals surface area (Å²) < 4.78 is 23.2. The maximum Gasteiger partial charge on any atom is 0.309 e. The van der Waals surface area contributed by atoms with Gasteiger partial charge in [0.1, 0.15) is 11.6 Å². The molecule has 17 heavy (non-hydrogen) atoms. The highest BCUT2D eigenvalue weighted by atomic mass is 19.1. The van der Waals surface area contributed by atoms with Crippen LogP contribution in [0.2, 0.25) is 0 Å². The minimum Gasteiger partial charge on any atom is -0.496 e. The highest BCUT2D eigenvalue weighted by Gasteiger charge is 2.05. The van der Waals surface area contributed by atoms with Crippen molar-refractivity contribution in [3.8, 4) is 5.75 Å². The van der Waals surface area contributed by atoms with Crippen LogP contribution in [-0.2, 0) is 9.53 Å². The molecule has 0 aliphatic carbocycles. The van der Waals surface area contributed by atoms with Crippen molar-refractivity contribution < 1.29 is 18.7 Å². The number of esters is 1. The number of halogens is 1. The Morgan fingerprint density at radius 1 is 1.47 bits per heavy atom. The van der Waals surface area contributed by atoms with E-state index in [1.54, 1.807) is 25.1 Å². The van der Waals surface area contributed by atoms with Gasteiger partial charge in [0.05, 0.1) is 25.7 Å². The lowest BCUT2D eigenvalue weighted by Gasteiger charge is -2.05. The lowest BCUT2D eigenvalue weighted by molar-refractivity contribution is -0.142. The maximum absolute atomic E-state index is 13.5. The Morgan fingerprint density at radius 2 is 2.24 bits per heavy atom. The number of hydrogen-bond acceptors (Lipinski definition) is 3. The Morgan fingerprint density at radius 3 is 2.88 bits per heavy atom. The van der Waals surface area contributed by atoms with Crippen molar-refractivity contribution in [2.75, 3.05) is 13.7 Å². The van der Waals surface area contributed by atoms with Crippen LogP contribution < -0.4 is 4.74 Å². The number of ether oxygens (including phenoxy) is 2. The van der Waals surface area contributed by atoms with Gasteiger partial charge < -0.3 is 9.47 Å². The Kier molecular flexibility index (Phi) is 5.20. The average Bonchev–Trinajstić information content (AvgIpc) is 2.31. The number of hydrogen-bond donors (Lipinski definition) is 0. The summed E-state index contributed by atoms with van der Waals surface area (Å²) in [6, 6.07) is 4.57. The first kappa shape index (κ1) is 13.2. The molecule has 0 bridgehead atoms. The fraction of sp³-hybridized carbons (Fsp3) is 0.308. The minimum absolute atomic E-state index is 0.116. The van der Waals surface area contributed by atoms with E-state index in [0.29, 0.717) is 17.9 Å². The number of carbonyl (C=O) groups excluding carboxylic acids is 1. The Hall–Kier alpha value is -1.84. The van der Waals surface area contributed by atoms with Gasteiger partial charge in [-0.15, -0.1) is 0 Å². The van der Waals surface area contributed by atoms with Crippen LogP contribution in [0.3, 0.4) is 0 Å². The van der Waals surface area contributed by atoms with Gasteiger partial charge in [0.15, 0.2) is 0 Å². The zero-order chi connectivity index (χ0) is 12.7. The summed E-state index contributed by atoms with van der Waals surface area (Å²) in [5, 5.41) is 0. The second-order valence-electron chi connectivity index (χ2n) is 3.27. The molecule has 4 heteroatoms. The van der Waals surface area contributed by atoms with Crippen molar-refractivity contribution in [3.63, 3.8) is 0 Å². The molecule has 0 unspecified atom stereocenters. The molecule has 0 radical (unpaired) electrons. The molecule has 1 rings (SSSR count). The molecule has 0 atom stereocenters. The molecule has 0 saturated carbocycles. The standard InChI is InChI=1S/C13H15FO3/c1-3-17-13(15)9-4-6-10-11(14)7-5-8-12(10)16-2/h4-8H,3,9H2,1-2H3. The van der Waals surface area contributed by atoms with Gasteiger partial charge in [-0.2, -0.15) is 0 Å². The van der Waals surface area contributed by atoms with E-state index >= 15 is 0 Å². The topological polar surface area (TPSA) is 35.5 Å². The summed E-state index contributed by atoms with van der Waals surface area (Å²) in [6.45, 7) is 2.08. The monoisotopic (exact) mass is 238 g/mol. The van der Waals surface area contributed by atoms with Crippen molar-refractivity contribution in [1.29, 1.82) is 0 Å². The quantitative estimate of drug-likeness (QED) is 0.740. The largest absolute Gasteiger partial charge is 0.496 e. The molecule has 0 aromatic heterocycles. The minimum atomic E-state index is -0.385. The lowest BCUT2D eigenvalue weighted by Crippen LogP contribution is -2.01. The SMILES string of the molecule is CCOC(=O)CC=Cc1c(F)cccc1OC. The van der Waals surface area contributed by atoms with Crippen LogP contribution in [0.15, 0.2) is 24.3 Å². The van der Waals surface area contributed by atoms with Crippen LogP contribution in [0.1, 0.15) is 18.9 Å². The van der Waals surface area contributed by atoms with Gasteiger partial charge in [0.2, 0.25) is 0 Å². The first-order valence-corrected chi connectivity index (χ1v) is 5.33. The van der Waals surface area contributed by atoms with Gasteiger partial charge in [-0.3, -0.25) is 4.79 Å². The molecule has 0 amide bonds. The number of carbonyl (C=O) groups is 1. The van der Waals surface area contributed by atoms with Gasteiger partial charge in [-0.25, -0.2) is 4.39 Å². The van der Waals surface area contributed by atoms with Crippen molar-refractivity contribution in [1.82, 2.24) is 0 Å². The van der Waals surface area contributed by atoms with E-state index in [4.69, 9.17) is 9.47 Å². The van der Waals surface area contributed by atoms with Crippen LogP contribution in [0.25, 0.3) is 6.08 Å². The molecule has 0 fully saturated rings. The fourth-order valence-corrected chi connectivity index (χ4v) is 1.35. The highest BCUT2D eigenvalue weighted by molar-refractivity contribution is 5.73. The molecule has 0 aliphatic heterocycles. The second kappa shape index (κ2) is 6.68. The second-order valence-corrected chi connectivity index (χ2v) is 3.27. The maximum atomic E-state index is 13.5. The van der Waals surface area contributed by atoms with Gasteiger partial charge in [-0.05, 0) is 19.1 Å². The lowest BCUT2D eigenvalue weighted by atomic mass is 10.1. The summed E-state index contributed by atoms with van der Waals surface area (Å²) in [6.07, 6.45) is 3.19. The first-order chi connectivity index (χ1) is 8.19. The number of benzene rings is 1. The molecule has 92 valence electrons. The first-order valence-electron chi connectivity index (χ1n) is 5.33. The molecule has 1 aromatic rings. The van der Waals surface area contributed by atoms with E-state index in [1.807, 2.05) is 0 Å². The van der Waals surface area contributed by atoms with Crippen molar-refractivity contribution in [2.24, 2.45) is 0 Å². The van der Waals surface area contributed by atoms with Crippen LogP contribution in [0.5, 0.6) is 5.75 Å². The molecule has 0 heterocycles. The van der Waals surface area contributed by atoms with E-state index in [9.17, 15) is 9.18 Å². The summed E-state index contributed by atoms with van der Waals surface area (Å²) >= 11 is 0. The van der Waals surface area contributed by atoms with E-state index in [0.717, 1.165) is 0 Å². The zero-order valence-corrected chi connectivity index (χ0v) is 9.90. The summed E-state index contributed by atoms with van der Waals surface area (Å²) in [5.74, 6) is -0.284. The molecule has 0 N–H and O–H groups in total. The molecule has 0 saturated heterocycles. The number of rotatable bonds is 5. The molecular weight excluding hydrogens is 223 g/mol. The molecular formula is C13H15FO3. The van der Waals surface area contributed by atoms with Crippen LogP contribution in [-0.4, -0.2) is 19.7 Å². The average molecular weight is 238 g/mol. The predicted molar refractivity (Wildman–Crippen MR) is 63.2 cm³/mol. The Balaban J connectivity index is 2.74. The third-order valence-electron chi connectivity index (χ3n) is 2.11. The fourth-order valence-electron chi connectivity index (χ4n) is 1.35. The van der Waals surface area contributed by atoms with Crippen molar-refractivity contribution in [2.45, 2.75) is 13.3 Å². The van der Waals surface area contributed by atoms with Gasteiger partial charge in [0.25, 0.3) is 0 Å². The molecule has 0 spiro atoms.